The van der Waals surface area contributed by atoms with Crippen molar-refractivity contribution >= 4 is 10.9 Å². The number of halogens is 1. The predicted octanol–water partition coefficient (Wildman–Crippen LogP) is 4.34. The van der Waals surface area contributed by atoms with Crippen molar-refractivity contribution < 1.29 is 4.39 Å². The lowest BCUT2D eigenvalue weighted by Crippen LogP contribution is -2.02. The Balaban J connectivity index is 0.000000686. The summed E-state index contributed by atoms with van der Waals surface area (Å²) < 4.78 is 15.0. The van der Waals surface area contributed by atoms with Crippen molar-refractivity contribution in [2.75, 3.05) is 0 Å². The van der Waals surface area contributed by atoms with Crippen LogP contribution in [0.15, 0.2) is 18.2 Å². The lowest BCUT2D eigenvalue weighted by Gasteiger charge is -2.06. The number of hydrogen-bond acceptors (Lipinski definition) is 1. The van der Waals surface area contributed by atoms with Gasteiger partial charge in [0.1, 0.15) is 5.82 Å². The van der Waals surface area contributed by atoms with E-state index in [1.165, 1.54) is 6.07 Å². The van der Waals surface area contributed by atoms with E-state index in [1.54, 1.807) is 6.07 Å². The Labute approximate surface area is 102 Å². The maximum absolute atomic E-state index is 13.2. The smallest absolute Gasteiger partial charge is 0.125 e. The third-order valence-corrected chi connectivity index (χ3v) is 2.57. The molecule has 2 rings (SSSR count). The van der Waals surface area contributed by atoms with E-state index < -0.39 is 0 Å². The van der Waals surface area contributed by atoms with Crippen LogP contribution in [0, 0.1) is 5.82 Å². The first-order chi connectivity index (χ1) is 8.13. The van der Waals surface area contributed by atoms with E-state index in [2.05, 4.69) is 25.9 Å². The largest absolute Gasteiger partial charge is 0.262 e. The number of rotatable bonds is 2. The van der Waals surface area contributed by atoms with Gasteiger partial charge >= 0.3 is 0 Å². The van der Waals surface area contributed by atoms with Gasteiger partial charge in [-0.05, 0) is 38.5 Å². The van der Waals surface area contributed by atoms with Crippen molar-refractivity contribution in [3.05, 3.63) is 29.7 Å². The average Bonchev–Trinajstić information content (AvgIpc) is 2.69. The van der Waals surface area contributed by atoms with Gasteiger partial charge in [-0.1, -0.05) is 20.8 Å². The van der Waals surface area contributed by atoms with Gasteiger partial charge < -0.3 is 0 Å². The Hall–Kier alpha value is -1.38. The number of aromatic nitrogens is 2. The molecule has 0 aliphatic rings. The fourth-order valence-electron chi connectivity index (χ4n) is 1.83. The summed E-state index contributed by atoms with van der Waals surface area (Å²) in [5, 5.41) is 5.56. The molecule has 0 N–H and O–H groups in total. The quantitative estimate of drug-likeness (QED) is 0.758. The lowest BCUT2D eigenvalue weighted by molar-refractivity contribution is 0.542. The minimum Gasteiger partial charge on any atom is -0.262 e. The first-order valence-electron chi connectivity index (χ1n) is 6.30. The van der Waals surface area contributed by atoms with Gasteiger partial charge in [-0.3, -0.25) is 4.68 Å². The van der Waals surface area contributed by atoms with Crippen molar-refractivity contribution in [1.29, 1.82) is 0 Å². The number of nitrogens with zero attached hydrogens (tertiary/aromatic N) is 2. The molecule has 0 spiro atoms. The molecule has 17 heavy (non-hydrogen) atoms. The molecule has 0 saturated carbocycles. The van der Waals surface area contributed by atoms with Gasteiger partial charge in [0.15, 0.2) is 0 Å². The van der Waals surface area contributed by atoms with E-state index in [4.69, 9.17) is 0 Å². The lowest BCUT2D eigenvalue weighted by atomic mass is 10.2. The Morgan fingerprint density at radius 3 is 2.47 bits per heavy atom. The molecule has 0 saturated heterocycles. The van der Waals surface area contributed by atoms with Gasteiger partial charge in [0.05, 0.1) is 11.2 Å². The van der Waals surface area contributed by atoms with Crippen molar-refractivity contribution in [3.8, 4) is 0 Å². The molecule has 0 aliphatic heterocycles. The van der Waals surface area contributed by atoms with E-state index in [1.807, 2.05) is 24.6 Å². The maximum atomic E-state index is 13.2. The van der Waals surface area contributed by atoms with Crippen LogP contribution >= 0.6 is 0 Å². The highest BCUT2D eigenvalue weighted by Gasteiger charge is 2.11. The Morgan fingerprint density at radius 1 is 1.29 bits per heavy atom. The molecule has 2 aromatic rings. The second-order valence-corrected chi connectivity index (χ2v) is 4.00. The molecule has 0 unspecified atom stereocenters. The standard InChI is InChI=1S/C12H15FN2.C2H6/c1-4-11-10-6-5-9(13)7-12(10)15(14-11)8(2)3;1-2/h5-8H,4H2,1-3H3;1-2H3. The van der Waals surface area contributed by atoms with E-state index in [0.29, 0.717) is 0 Å². The van der Waals surface area contributed by atoms with Crippen molar-refractivity contribution in [3.63, 3.8) is 0 Å². The van der Waals surface area contributed by atoms with Crippen LogP contribution in [-0.2, 0) is 6.42 Å². The number of aryl methyl sites for hydroxylation is 1. The summed E-state index contributed by atoms with van der Waals surface area (Å²) in [6, 6.07) is 5.12. The molecule has 1 aromatic carbocycles. The zero-order valence-electron chi connectivity index (χ0n) is 11.3. The fourth-order valence-corrected chi connectivity index (χ4v) is 1.83. The fraction of sp³-hybridized carbons (Fsp3) is 0.500. The van der Waals surface area contributed by atoms with Crippen molar-refractivity contribution in [1.82, 2.24) is 9.78 Å². The van der Waals surface area contributed by atoms with Gasteiger partial charge in [-0.25, -0.2) is 4.39 Å². The van der Waals surface area contributed by atoms with Crippen LogP contribution in [0.2, 0.25) is 0 Å². The average molecular weight is 236 g/mol. The van der Waals surface area contributed by atoms with Crippen LogP contribution in [0.4, 0.5) is 4.39 Å². The predicted molar refractivity (Wildman–Crippen MR) is 70.8 cm³/mol. The summed E-state index contributed by atoms with van der Waals surface area (Å²) >= 11 is 0. The van der Waals surface area contributed by atoms with Crippen LogP contribution in [0.25, 0.3) is 10.9 Å². The molecule has 3 heteroatoms. The topological polar surface area (TPSA) is 17.8 Å². The van der Waals surface area contributed by atoms with Gasteiger partial charge in [0, 0.05) is 11.4 Å². The van der Waals surface area contributed by atoms with Gasteiger partial charge in [0.25, 0.3) is 0 Å². The highest BCUT2D eigenvalue weighted by Crippen LogP contribution is 2.22. The van der Waals surface area contributed by atoms with Crippen LogP contribution in [0.5, 0.6) is 0 Å². The summed E-state index contributed by atoms with van der Waals surface area (Å²) in [5.41, 5.74) is 1.93. The van der Waals surface area contributed by atoms with E-state index in [-0.39, 0.29) is 11.9 Å². The van der Waals surface area contributed by atoms with E-state index in [9.17, 15) is 4.39 Å². The first kappa shape index (κ1) is 13.7. The highest BCUT2D eigenvalue weighted by atomic mass is 19.1. The second kappa shape index (κ2) is 5.80. The first-order valence-corrected chi connectivity index (χ1v) is 6.30. The van der Waals surface area contributed by atoms with E-state index in [0.717, 1.165) is 23.0 Å². The molecule has 0 bridgehead atoms. The summed E-state index contributed by atoms with van der Waals surface area (Å²) in [4.78, 5) is 0. The number of benzene rings is 1. The molecule has 0 amide bonds. The summed E-state index contributed by atoms with van der Waals surface area (Å²) in [7, 11) is 0. The Kier molecular flexibility index (Phi) is 4.67. The second-order valence-electron chi connectivity index (χ2n) is 4.00. The maximum Gasteiger partial charge on any atom is 0.125 e. The number of hydrogen-bond donors (Lipinski definition) is 0. The van der Waals surface area contributed by atoms with Crippen LogP contribution in [-0.4, -0.2) is 9.78 Å². The van der Waals surface area contributed by atoms with Crippen LogP contribution in [0.1, 0.15) is 46.4 Å². The molecule has 2 nitrogen and oxygen atoms in total. The zero-order valence-corrected chi connectivity index (χ0v) is 11.3. The minimum absolute atomic E-state index is 0.202. The van der Waals surface area contributed by atoms with Gasteiger partial charge in [-0.15, -0.1) is 0 Å². The molecule has 94 valence electrons. The molecule has 1 heterocycles. The molecular formula is C14H21FN2. The van der Waals surface area contributed by atoms with Crippen LogP contribution in [0.3, 0.4) is 0 Å². The third kappa shape index (κ3) is 2.65. The minimum atomic E-state index is -0.202. The van der Waals surface area contributed by atoms with Crippen molar-refractivity contribution in [2.45, 2.75) is 47.1 Å². The molecule has 0 aliphatic carbocycles. The summed E-state index contributed by atoms with van der Waals surface area (Å²) in [6.45, 7) is 10.2. The Bertz CT molecular complexity index is 486. The third-order valence-electron chi connectivity index (χ3n) is 2.57. The van der Waals surface area contributed by atoms with Gasteiger partial charge in [0.2, 0.25) is 0 Å². The SMILES string of the molecule is CC.CCc1nn(C(C)C)c2cc(F)ccc12. The normalized spacial score (nSPS) is 10.5. The molecule has 0 radical (unpaired) electrons. The van der Waals surface area contributed by atoms with Gasteiger partial charge in [-0.2, -0.15) is 5.10 Å². The van der Waals surface area contributed by atoms with Crippen molar-refractivity contribution in [2.24, 2.45) is 0 Å². The van der Waals surface area contributed by atoms with E-state index >= 15 is 0 Å². The molecule has 1 aromatic heterocycles. The van der Waals surface area contributed by atoms with Crippen LogP contribution < -0.4 is 0 Å². The molecular weight excluding hydrogens is 215 g/mol. The number of fused-ring (bicyclic) bond motifs is 1. The monoisotopic (exact) mass is 236 g/mol. The molecule has 0 atom stereocenters. The molecule has 0 fully saturated rings. The Morgan fingerprint density at radius 2 is 1.94 bits per heavy atom. The highest BCUT2D eigenvalue weighted by molar-refractivity contribution is 5.82. The summed E-state index contributed by atoms with van der Waals surface area (Å²) in [5.74, 6) is -0.202. The summed E-state index contributed by atoms with van der Waals surface area (Å²) in [6.07, 6.45) is 0.877. The zero-order chi connectivity index (χ0) is 13.0.